The van der Waals surface area contributed by atoms with Gasteiger partial charge in [0.2, 0.25) is 5.91 Å². The quantitative estimate of drug-likeness (QED) is 0.665. The van der Waals surface area contributed by atoms with Crippen molar-refractivity contribution in [2.24, 2.45) is 0 Å². The second kappa shape index (κ2) is 6.59. The first-order chi connectivity index (χ1) is 11.0. The number of carbonyl (C=O) groups is 1. The Morgan fingerprint density at radius 3 is 2.65 bits per heavy atom. The number of carbonyl (C=O) groups excluding carboxylic acids is 1. The predicted octanol–water partition coefficient (Wildman–Crippen LogP) is 4.70. The minimum absolute atomic E-state index is 0.0798. The minimum Gasteiger partial charge on any atom is -0.464 e. The van der Waals surface area contributed by atoms with Crippen molar-refractivity contribution < 1.29 is 9.21 Å². The van der Waals surface area contributed by atoms with Gasteiger partial charge in [-0.1, -0.05) is 40.2 Å². The molecule has 3 rings (SSSR count). The van der Waals surface area contributed by atoms with Crippen molar-refractivity contribution in [2.45, 2.75) is 19.9 Å². The highest BCUT2D eigenvalue weighted by atomic mass is 79.9. The maximum Gasteiger partial charge on any atom is 0.227 e. The highest BCUT2D eigenvalue weighted by molar-refractivity contribution is 9.10. The number of amides is 1. The Labute approximate surface area is 144 Å². The SMILES string of the molecule is Cc1ccc2c(CC(=O)N(C)Cc3ccc(Br)cc3)coc2c1. The fraction of sp³-hybridized carbons (Fsp3) is 0.211. The topological polar surface area (TPSA) is 33.5 Å². The number of hydrogen-bond donors (Lipinski definition) is 0. The molecule has 3 nitrogen and oxygen atoms in total. The Kier molecular flexibility index (Phi) is 4.53. The van der Waals surface area contributed by atoms with Crippen LogP contribution in [0, 0.1) is 6.92 Å². The van der Waals surface area contributed by atoms with Crippen molar-refractivity contribution in [1.29, 1.82) is 0 Å². The molecule has 0 aliphatic carbocycles. The van der Waals surface area contributed by atoms with Crippen molar-refractivity contribution in [2.75, 3.05) is 7.05 Å². The molecule has 1 amide bonds. The van der Waals surface area contributed by atoms with E-state index in [0.717, 1.165) is 32.1 Å². The van der Waals surface area contributed by atoms with Gasteiger partial charge in [0.1, 0.15) is 5.58 Å². The van der Waals surface area contributed by atoms with Crippen LogP contribution in [0.15, 0.2) is 57.6 Å². The zero-order chi connectivity index (χ0) is 16.4. The zero-order valence-corrected chi connectivity index (χ0v) is 14.8. The van der Waals surface area contributed by atoms with Crippen LogP contribution in [-0.4, -0.2) is 17.9 Å². The van der Waals surface area contributed by atoms with Gasteiger partial charge in [-0.25, -0.2) is 0 Å². The lowest BCUT2D eigenvalue weighted by atomic mass is 10.1. The molecule has 0 atom stereocenters. The third kappa shape index (κ3) is 3.64. The molecule has 0 fully saturated rings. The first kappa shape index (κ1) is 15.8. The lowest BCUT2D eigenvalue weighted by Gasteiger charge is -2.17. The van der Waals surface area contributed by atoms with E-state index in [1.165, 1.54) is 0 Å². The molecule has 0 aliphatic heterocycles. The smallest absolute Gasteiger partial charge is 0.227 e. The van der Waals surface area contributed by atoms with Gasteiger partial charge in [-0.3, -0.25) is 4.79 Å². The van der Waals surface area contributed by atoms with Crippen LogP contribution in [0.5, 0.6) is 0 Å². The molecule has 3 aromatic rings. The molecule has 1 heterocycles. The molecule has 4 heteroatoms. The van der Waals surface area contributed by atoms with Gasteiger partial charge in [0, 0.05) is 29.0 Å². The zero-order valence-electron chi connectivity index (χ0n) is 13.2. The van der Waals surface area contributed by atoms with Gasteiger partial charge in [0.15, 0.2) is 0 Å². The van der Waals surface area contributed by atoms with Gasteiger partial charge >= 0.3 is 0 Å². The van der Waals surface area contributed by atoms with Gasteiger partial charge in [-0.05, 0) is 36.2 Å². The van der Waals surface area contributed by atoms with Crippen LogP contribution < -0.4 is 0 Å². The van der Waals surface area contributed by atoms with E-state index >= 15 is 0 Å². The average molecular weight is 372 g/mol. The Morgan fingerprint density at radius 2 is 1.91 bits per heavy atom. The van der Waals surface area contributed by atoms with Crippen LogP contribution in [0.1, 0.15) is 16.7 Å². The summed E-state index contributed by atoms with van der Waals surface area (Å²) in [4.78, 5) is 14.2. The van der Waals surface area contributed by atoms with E-state index in [-0.39, 0.29) is 5.91 Å². The normalized spacial score (nSPS) is 10.9. The van der Waals surface area contributed by atoms with E-state index in [9.17, 15) is 4.79 Å². The lowest BCUT2D eigenvalue weighted by Crippen LogP contribution is -2.27. The molecule has 1 aromatic heterocycles. The Hall–Kier alpha value is -2.07. The first-order valence-electron chi connectivity index (χ1n) is 7.48. The van der Waals surface area contributed by atoms with E-state index < -0.39 is 0 Å². The molecule has 118 valence electrons. The van der Waals surface area contributed by atoms with Crippen molar-refractivity contribution >= 4 is 32.8 Å². The molecule has 0 spiro atoms. The molecular weight excluding hydrogens is 354 g/mol. The third-order valence-electron chi connectivity index (χ3n) is 3.91. The van der Waals surface area contributed by atoms with E-state index in [2.05, 4.69) is 15.9 Å². The summed E-state index contributed by atoms with van der Waals surface area (Å²) in [5, 5.41) is 1.01. The summed E-state index contributed by atoms with van der Waals surface area (Å²) in [6.07, 6.45) is 2.04. The highest BCUT2D eigenvalue weighted by Crippen LogP contribution is 2.23. The summed E-state index contributed by atoms with van der Waals surface area (Å²) in [7, 11) is 1.83. The lowest BCUT2D eigenvalue weighted by molar-refractivity contribution is -0.129. The monoisotopic (exact) mass is 371 g/mol. The largest absolute Gasteiger partial charge is 0.464 e. The number of fused-ring (bicyclic) bond motifs is 1. The van der Waals surface area contributed by atoms with Crippen LogP contribution in [0.2, 0.25) is 0 Å². The molecule has 23 heavy (non-hydrogen) atoms. The minimum atomic E-state index is 0.0798. The summed E-state index contributed by atoms with van der Waals surface area (Å²) in [6.45, 7) is 2.62. The molecule has 0 N–H and O–H groups in total. The summed E-state index contributed by atoms with van der Waals surface area (Å²) in [5.41, 5.74) is 4.03. The number of likely N-dealkylation sites (N-methyl/N-ethyl adjacent to an activating group) is 1. The number of nitrogens with zero attached hydrogens (tertiary/aromatic N) is 1. The van der Waals surface area contributed by atoms with Gasteiger partial charge in [-0.15, -0.1) is 0 Å². The number of aryl methyl sites for hydroxylation is 1. The van der Waals surface area contributed by atoms with Crippen LogP contribution in [0.4, 0.5) is 0 Å². The Morgan fingerprint density at radius 1 is 1.17 bits per heavy atom. The van der Waals surface area contributed by atoms with Crippen LogP contribution in [-0.2, 0) is 17.8 Å². The summed E-state index contributed by atoms with van der Waals surface area (Å²) < 4.78 is 6.60. The Balaban J connectivity index is 1.71. The van der Waals surface area contributed by atoms with E-state index in [4.69, 9.17) is 4.42 Å². The van der Waals surface area contributed by atoms with Gasteiger partial charge in [-0.2, -0.15) is 0 Å². The second-order valence-corrected chi connectivity index (χ2v) is 6.73. The standard InChI is InChI=1S/C19H18BrNO2/c1-13-3-8-17-15(12-23-18(17)9-13)10-19(22)21(2)11-14-4-6-16(20)7-5-14/h3-9,12H,10-11H2,1-2H3. The average Bonchev–Trinajstić information content (AvgIpc) is 2.91. The van der Waals surface area contributed by atoms with Gasteiger partial charge in [0.25, 0.3) is 0 Å². The molecule has 0 unspecified atom stereocenters. The molecule has 0 aliphatic rings. The van der Waals surface area contributed by atoms with Gasteiger partial charge in [0.05, 0.1) is 12.7 Å². The van der Waals surface area contributed by atoms with E-state index in [1.807, 2.05) is 56.4 Å². The van der Waals surface area contributed by atoms with E-state index in [1.54, 1.807) is 11.2 Å². The maximum absolute atomic E-state index is 12.5. The second-order valence-electron chi connectivity index (χ2n) is 5.81. The third-order valence-corrected chi connectivity index (χ3v) is 4.44. The number of benzene rings is 2. The number of furan rings is 1. The summed E-state index contributed by atoms with van der Waals surface area (Å²) >= 11 is 3.42. The fourth-order valence-corrected chi connectivity index (χ4v) is 2.84. The predicted molar refractivity (Wildman–Crippen MR) is 95.3 cm³/mol. The summed E-state index contributed by atoms with van der Waals surface area (Å²) in [6, 6.07) is 14.1. The maximum atomic E-state index is 12.5. The van der Waals surface area contributed by atoms with Crippen molar-refractivity contribution in [3.05, 3.63) is 69.9 Å². The van der Waals surface area contributed by atoms with Crippen LogP contribution in [0.25, 0.3) is 11.0 Å². The van der Waals surface area contributed by atoms with Crippen molar-refractivity contribution in [3.8, 4) is 0 Å². The number of rotatable bonds is 4. The van der Waals surface area contributed by atoms with Crippen molar-refractivity contribution in [1.82, 2.24) is 4.90 Å². The highest BCUT2D eigenvalue weighted by Gasteiger charge is 2.14. The summed E-state index contributed by atoms with van der Waals surface area (Å²) in [5.74, 6) is 0.0798. The Bertz CT molecular complexity index is 836. The molecule has 0 saturated carbocycles. The fourth-order valence-electron chi connectivity index (χ4n) is 2.58. The number of halogens is 1. The molecule has 0 radical (unpaired) electrons. The number of hydrogen-bond acceptors (Lipinski definition) is 2. The van der Waals surface area contributed by atoms with Crippen molar-refractivity contribution in [3.63, 3.8) is 0 Å². The van der Waals surface area contributed by atoms with Crippen LogP contribution >= 0.6 is 15.9 Å². The van der Waals surface area contributed by atoms with E-state index in [0.29, 0.717) is 13.0 Å². The molecule has 0 bridgehead atoms. The van der Waals surface area contributed by atoms with Gasteiger partial charge < -0.3 is 9.32 Å². The molecule has 0 saturated heterocycles. The molecule has 2 aromatic carbocycles. The first-order valence-corrected chi connectivity index (χ1v) is 8.27. The molecular formula is C19H18BrNO2. The van der Waals surface area contributed by atoms with Crippen LogP contribution in [0.3, 0.4) is 0 Å².